The van der Waals surface area contributed by atoms with Crippen molar-refractivity contribution in [2.24, 2.45) is 5.41 Å². The first-order valence-corrected chi connectivity index (χ1v) is 9.12. The Balaban J connectivity index is 2.47. The Morgan fingerprint density at radius 2 is 2.04 bits per heavy atom. The van der Waals surface area contributed by atoms with E-state index in [1.54, 1.807) is 0 Å². The molecule has 1 rings (SSSR count). The molecule has 4 heteroatoms. The second-order valence-electron chi connectivity index (χ2n) is 6.81. The van der Waals surface area contributed by atoms with Gasteiger partial charge in [0.1, 0.15) is 5.78 Å². The number of carbonyl (C=O) groups is 2. The van der Waals surface area contributed by atoms with Gasteiger partial charge in [0, 0.05) is 18.3 Å². The lowest BCUT2D eigenvalue weighted by molar-refractivity contribution is -0.137. The normalized spacial score (nSPS) is 22.8. The summed E-state index contributed by atoms with van der Waals surface area (Å²) in [5, 5.41) is 18.7. The van der Waals surface area contributed by atoms with Crippen molar-refractivity contribution in [1.29, 1.82) is 0 Å². The molecule has 0 amide bonds. The minimum Gasteiger partial charge on any atom is -0.481 e. The minimum atomic E-state index is -0.758. The quantitative estimate of drug-likeness (QED) is 0.415. The first kappa shape index (κ1) is 19.9. The zero-order valence-corrected chi connectivity index (χ0v) is 14.4. The molecule has 0 heterocycles. The van der Waals surface area contributed by atoms with E-state index >= 15 is 0 Å². The van der Waals surface area contributed by atoms with Crippen molar-refractivity contribution < 1.29 is 19.8 Å². The number of hydrogen-bond acceptors (Lipinski definition) is 3. The lowest BCUT2D eigenvalue weighted by Crippen LogP contribution is -2.24. The number of hydrogen-bond donors (Lipinski definition) is 2. The molecule has 0 aliphatic heterocycles. The number of unbranched alkanes of at least 4 members (excludes halogenated alkanes) is 4. The van der Waals surface area contributed by atoms with Crippen molar-refractivity contribution >= 4 is 11.8 Å². The van der Waals surface area contributed by atoms with Crippen molar-refractivity contribution in [1.82, 2.24) is 0 Å². The van der Waals surface area contributed by atoms with E-state index < -0.39 is 17.5 Å². The molecule has 0 radical (unpaired) electrons. The van der Waals surface area contributed by atoms with Crippen LogP contribution in [0.3, 0.4) is 0 Å². The molecule has 1 aliphatic rings. The highest BCUT2D eigenvalue weighted by atomic mass is 16.4. The monoisotopic (exact) mass is 324 g/mol. The summed E-state index contributed by atoms with van der Waals surface area (Å²) in [4.78, 5) is 22.8. The van der Waals surface area contributed by atoms with Gasteiger partial charge in [-0.2, -0.15) is 0 Å². The number of carbonyl (C=O) groups excluding carboxylic acids is 1. The number of aliphatic hydroxyl groups excluding tert-OH is 1. The molecule has 0 saturated heterocycles. The van der Waals surface area contributed by atoms with Crippen LogP contribution in [-0.2, 0) is 9.59 Å². The summed E-state index contributed by atoms with van der Waals surface area (Å²) in [6, 6.07) is 0. The van der Waals surface area contributed by atoms with Gasteiger partial charge in [-0.25, -0.2) is 0 Å². The maximum absolute atomic E-state index is 12.3. The number of allylic oxidation sites excluding steroid dienone is 1. The van der Waals surface area contributed by atoms with E-state index in [-0.39, 0.29) is 12.2 Å². The van der Waals surface area contributed by atoms with Crippen LogP contribution >= 0.6 is 0 Å². The van der Waals surface area contributed by atoms with Crippen LogP contribution in [0.1, 0.15) is 84.0 Å². The summed E-state index contributed by atoms with van der Waals surface area (Å²) in [7, 11) is 0. The van der Waals surface area contributed by atoms with Gasteiger partial charge in [-0.1, -0.05) is 51.2 Å². The molecule has 4 nitrogen and oxygen atoms in total. The SMILES string of the molecule is CCCCCC(O)/C=C/C1(CCCCCC(=O)O)CCCC1=O. The highest BCUT2D eigenvalue weighted by molar-refractivity contribution is 5.88. The van der Waals surface area contributed by atoms with Crippen molar-refractivity contribution in [3.8, 4) is 0 Å². The number of rotatable bonds is 12. The molecule has 2 unspecified atom stereocenters. The summed E-state index contributed by atoms with van der Waals surface area (Å²) in [5.74, 6) is -0.473. The van der Waals surface area contributed by atoms with Gasteiger partial charge < -0.3 is 10.2 Å². The third-order valence-electron chi connectivity index (χ3n) is 4.84. The molecule has 0 bridgehead atoms. The van der Waals surface area contributed by atoms with Crippen LogP contribution in [0.25, 0.3) is 0 Å². The van der Waals surface area contributed by atoms with Crippen molar-refractivity contribution in [2.75, 3.05) is 0 Å². The third kappa shape index (κ3) is 7.30. The fourth-order valence-electron chi connectivity index (χ4n) is 3.37. The maximum Gasteiger partial charge on any atom is 0.303 e. The molecule has 23 heavy (non-hydrogen) atoms. The van der Waals surface area contributed by atoms with Crippen LogP contribution < -0.4 is 0 Å². The number of aliphatic carboxylic acids is 1. The van der Waals surface area contributed by atoms with E-state index in [1.807, 2.05) is 12.2 Å². The Labute approximate surface area is 140 Å². The first-order valence-electron chi connectivity index (χ1n) is 9.12. The number of Topliss-reactive ketones (excluding diaryl/α,β-unsaturated/α-hetero) is 1. The Morgan fingerprint density at radius 1 is 1.26 bits per heavy atom. The van der Waals surface area contributed by atoms with Crippen LogP contribution in [0.4, 0.5) is 0 Å². The molecular weight excluding hydrogens is 292 g/mol. The lowest BCUT2D eigenvalue weighted by atomic mass is 9.79. The summed E-state index contributed by atoms with van der Waals surface area (Å²) in [6.07, 6.45) is 13.1. The van der Waals surface area contributed by atoms with E-state index in [4.69, 9.17) is 5.11 Å². The average molecular weight is 324 g/mol. The standard InChI is InChI=1S/C19H32O4/c1-2-3-5-9-16(20)12-15-19(14-8-10-17(19)21)13-7-4-6-11-18(22)23/h12,15-16,20H,2-11,13-14H2,1H3,(H,22,23)/b15-12+. The first-order chi connectivity index (χ1) is 11.0. The zero-order valence-electron chi connectivity index (χ0n) is 14.4. The third-order valence-corrected chi connectivity index (χ3v) is 4.84. The number of carboxylic acid groups (broad SMARTS) is 1. The van der Waals surface area contributed by atoms with Crippen molar-refractivity contribution in [3.05, 3.63) is 12.2 Å². The van der Waals surface area contributed by atoms with E-state index in [2.05, 4.69) is 6.92 Å². The van der Waals surface area contributed by atoms with Gasteiger partial charge >= 0.3 is 5.97 Å². The number of aliphatic hydroxyl groups is 1. The molecule has 2 atom stereocenters. The molecule has 1 saturated carbocycles. The van der Waals surface area contributed by atoms with E-state index in [9.17, 15) is 14.7 Å². The molecule has 1 fully saturated rings. The smallest absolute Gasteiger partial charge is 0.303 e. The van der Waals surface area contributed by atoms with Gasteiger partial charge in [0.05, 0.1) is 6.10 Å². The summed E-state index contributed by atoms with van der Waals surface area (Å²) in [6.45, 7) is 2.14. The Bertz CT molecular complexity index is 402. The Hall–Kier alpha value is -1.16. The van der Waals surface area contributed by atoms with Crippen molar-refractivity contribution in [3.63, 3.8) is 0 Å². The van der Waals surface area contributed by atoms with Gasteiger partial charge in [0.2, 0.25) is 0 Å². The number of carboxylic acids is 1. The summed E-state index contributed by atoms with van der Waals surface area (Å²) < 4.78 is 0. The summed E-state index contributed by atoms with van der Waals surface area (Å²) >= 11 is 0. The fourth-order valence-corrected chi connectivity index (χ4v) is 3.37. The van der Waals surface area contributed by atoms with Crippen LogP contribution in [0.5, 0.6) is 0 Å². The van der Waals surface area contributed by atoms with Gasteiger partial charge in [-0.05, 0) is 32.1 Å². The topological polar surface area (TPSA) is 74.6 Å². The maximum atomic E-state index is 12.3. The molecular formula is C19H32O4. The van der Waals surface area contributed by atoms with Gasteiger partial charge in [-0.15, -0.1) is 0 Å². The highest BCUT2D eigenvalue weighted by Gasteiger charge is 2.38. The Morgan fingerprint density at radius 3 is 2.65 bits per heavy atom. The van der Waals surface area contributed by atoms with Crippen LogP contribution in [0, 0.1) is 5.41 Å². The zero-order chi connectivity index (χ0) is 17.1. The number of ketones is 1. The second-order valence-corrected chi connectivity index (χ2v) is 6.81. The van der Waals surface area contributed by atoms with Gasteiger partial charge in [-0.3, -0.25) is 9.59 Å². The Kier molecular flexibility index (Phi) is 9.15. The predicted octanol–water partition coefficient (Wildman–Crippen LogP) is 4.26. The van der Waals surface area contributed by atoms with Crippen molar-refractivity contribution in [2.45, 2.75) is 90.1 Å². The van der Waals surface area contributed by atoms with Gasteiger partial charge in [0.25, 0.3) is 0 Å². The molecule has 2 N–H and O–H groups in total. The van der Waals surface area contributed by atoms with Crippen LogP contribution in [0.2, 0.25) is 0 Å². The minimum absolute atomic E-state index is 0.201. The lowest BCUT2D eigenvalue weighted by Gasteiger charge is -2.24. The van der Waals surface area contributed by atoms with Crippen LogP contribution in [-0.4, -0.2) is 28.1 Å². The second kappa shape index (κ2) is 10.6. The fraction of sp³-hybridized carbons (Fsp3) is 0.789. The highest BCUT2D eigenvalue weighted by Crippen LogP contribution is 2.41. The largest absolute Gasteiger partial charge is 0.481 e. The van der Waals surface area contributed by atoms with E-state index in [1.165, 1.54) is 0 Å². The molecule has 0 aromatic rings. The molecule has 0 aromatic carbocycles. The molecule has 132 valence electrons. The van der Waals surface area contributed by atoms with E-state index in [0.29, 0.717) is 12.8 Å². The molecule has 0 spiro atoms. The summed E-state index contributed by atoms with van der Waals surface area (Å²) in [5.41, 5.74) is -0.408. The predicted molar refractivity (Wildman–Crippen MR) is 91.3 cm³/mol. The van der Waals surface area contributed by atoms with Crippen LogP contribution in [0.15, 0.2) is 12.2 Å². The van der Waals surface area contributed by atoms with Gasteiger partial charge in [0.15, 0.2) is 0 Å². The molecule has 1 aliphatic carbocycles. The van der Waals surface area contributed by atoms with E-state index in [0.717, 1.165) is 57.8 Å². The average Bonchev–Trinajstić information content (AvgIpc) is 2.86. The molecule has 0 aromatic heterocycles.